The van der Waals surface area contributed by atoms with Crippen LogP contribution in [0.3, 0.4) is 0 Å². The molecule has 2 heterocycles. The van der Waals surface area contributed by atoms with Gasteiger partial charge in [0.05, 0.1) is 17.3 Å². The molecule has 0 amide bonds. The predicted molar refractivity (Wildman–Crippen MR) is 96.0 cm³/mol. The molecule has 1 fully saturated rings. The molecule has 0 bridgehead atoms. The van der Waals surface area contributed by atoms with Crippen LogP contribution in [0, 0.1) is 17.2 Å². The minimum absolute atomic E-state index is 0.141. The Morgan fingerprint density at radius 3 is 2.72 bits per heavy atom. The van der Waals surface area contributed by atoms with Crippen LogP contribution in [0.5, 0.6) is 0 Å². The zero-order chi connectivity index (χ0) is 17.4. The van der Waals surface area contributed by atoms with Crippen LogP contribution in [-0.2, 0) is 18.4 Å². The van der Waals surface area contributed by atoms with E-state index in [0.29, 0.717) is 5.56 Å². The maximum atomic E-state index is 12.1. The highest BCUT2D eigenvalue weighted by molar-refractivity contribution is 5.48. The van der Waals surface area contributed by atoms with Crippen molar-refractivity contribution in [2.24, 2.45) is 5.92 Å². The van der Waals surface area contributed by atoms with Crippen molar-refractivity contribution in [3.05, 3.63) is 64.5 Å². The molecule has 0 radical (unpaired) electrons. The van der Waals surface area contributed by atoms with E-state index in [2.05, 4.69) is 29.1 Å². The van der Waals surface area contributed by atoms with Crippen LogP contribution >= 0.6 is 0 Å². The Morgan fingerprint density at radius 1 is 1.20 bits per heavy atom. The summed E-state index contributed by atoms with van der Waals surface area (Å²) in [6.45, 7) is 1.97. The quantitative estimate of drug-likeness (QED) is 0.871. The molecule has 128 valence electrons. The maximum absolute atomic E-state index is 12.1. The number of rotatable bonds is 1. The van der Waals surface area contributed by atoms with Gasteiger partial charge in [-0.2, -0.15) is 5.26 Å². The Balaban J connectivity index is 1.90. The van der Waals surface area contributed by atoms with Crippen LogP contribution in [0.1, 0.15) is 40.8 Å². The highest BCUT2D eigenvalue weighted by Crippen LogP contribution is 2.45. The molecule has 4 rings (SSSR count). The number of hydrogen-bond donors (Lipinski definition) is 1. The van der Waals surface area contributed by atoms with E-state index in [9.17, 15) is 10.4 Å². The van der Waals surface area contributed by atoms with Gasteiger partial charge in [-0.15, -0.1) is 0 Å². The van der Waals surface area contributed by atoms with Crippen molar-refractivity contribution in [3.8, 4) is 6.07 Å². The van der Waals surface area contributed by atoms with Crippen LogP contribution in [0.4, 0.5) is 0 Å². The van der Waals surface area contributed by atoms with E-state index in [-0.39, 0.29) is 5.92 Å². The number of aryl methyl sites for hydroxylation is 2. The molecule has 0 spiro atoms. The lowest BCUT2D eigenvalue weighted by molar-refractivity contribution is -0.0148. The molecular formula is C21H23N3O. The first-order chi connectivity index (χ1) is 12.1. The van der Waals surface area contributed by atoms with Crippen LogP contribution in [0.2, 0.25) is 0 Å². The third-order valence-corrected chi connectivity index (χ3v) is 5.87. The maximum Gasteiger partial charge on any atom is 0.135 e. The summed E-state index contributed by atoms with van der Waals surface area (Å²) in [5.41, 5.74) is 3.55. The van der Waals surface area contributed by atoms with E-state index in [1.807, 2.05) is 24.3 Å². The van der Waals surface area contributed by atoms with Gasteiger partial charge in [0.2, 0.25) is 0 Å². The Labute approximate surface area is 148 Å². The topological polar surface area (TPSA) is 60.1 Å². The number of nitriles is 1. The van der Waals surface area contributed by atoms with Crippen molar-refractivity contribution >= 4 is 0 Å². The third-order valence-electron chi connectivity index (χ3n) is 5.87. The number of aromatic nitrogens is 1. The summed E-state index contributed by atoms with van der Waals surface area (Å²) < 4.78 is 0. The molecule has 1 aromatic heterocycles. The molecule has 2 aromatic rings. The minimum Gasteiger partial charge on any atom is -0.378 e. The van der Waals surface area contributed by atoms with Crippen LogP contribution in [0.25, 0.3) is 0 Å². The second kappa shape index (κ2) is 6.25. The summed E-state index contributed by atoms with van der Waals surface area (Å²) in [5, 5.41) is 21.3. The lowest BCUT2D eigenvalue weighted by atomic mass is 9.72. The van der Waals surface area contributed by atoms with Crippen molar-refractivity contribution in [1.82, 2.24) is 9.88 Å². The third kappa shape index (κ3) is 2.64. The van der Waals surface area contributed by atoms with E-state index in [1.54, 1.807) is 6.20 Å². The summed E-state index contributed by atoms with van der Waals surface area (Å²) in [6.07, 6.45) is 5.36. The fourth-order valence-corrected chi connectivity index (χ4v) is 4.46. The summed E-state index contributed by atoms with van der Waals surface area (Å²) in [6, 6.07) is 12.0. The van der Waals surface area contributed by atoms with E-state index >= 15 is 0 Å². The molecule has 1 saturated heterocycles. The first-order valence-electron chi connectivity index (χ1n) is 9.01. The van der Waals surface area contributed by atoms with Crippen LogP contribution < -0.4 is 0 Å². The number of pyridine rings is 1. The molecule has 0 saturated carbocycles. The van der Waals surface area contributed by atoms with Gasteiger partial charge >= 0.3 is 0 Å². The van der Waals surface area contributed by atoms with Crippen molar-refractivity contribution in [1.29, 1.82) is 5.26 Å². The second-order valence-corrected chi connectivity index (χ2v) is 7.34. The zero-order valence-corrected chi connectivity index (χ0v) is 14.6. The smallest absolute Gasteiger partial charge is 0.135 e. The summed E-state index contributed by atoms with van der Waals surface area (Å²) in [5.74, 6) is 0.141. The van der Waals surface area contributed by atoms with Gasteiger partial charge in [-0.1, -0.05) is 12.1 Å². The average Bonchev–Trinajstić information content (AvgIpc) is 2.78. The van der Waals surface area contributed by atoms with Gasteiger partial charge in [0.15, 0.2) is 0 Å². The lowest BCUT2D eigenvalue weighted by Gasteiger charge is -2.41. The molecular weight excluding hydrogens is 310 g/mol. The van der Waals surface area contributed by atoms with Gasteiger partial charge in [0, 0.05) is 12.1 Å². The Morgan fingerprint density at radius 2 is 1.96 bits per heavy atom. The molecule has 1 aliphatic carbocycles. The van der Waals surface area contributed by atoms with Crippen molar-refractivity contribution < 1.29 is 5.11 Å². The molecule has 1 aromatic carbocycles. The Bertz CT molecular complexity index is 833. The van der Waals surface area contributed by atoms with Gasteiger partial charge < -0.3 is 10.0 Å². The van der Waals surface area contributed by atoms with Gasteiger partial charge in [-0.3, -0.25) is 4.98 Å². The molecule has 4 heteroatoms. The van der Waals surface area contributed by atoms with Crippen LogP contribution in [0.15, 0.2) is 36.5 Å². The Kier molecular flexibility index (Phi) is 4.07. The molecule has 1 aliphatic heterocycles. The molecule has 2 aliphatic rings. The molecule has 25 heavy (non-hydrogen) atoms. The fourth-order valence-electron chi connectivity index (χ4n) is 4.46. The van der Waals surface area contributed by atoms with Crippen LogP contribution in [-0.4, -0.2) is 35.1 Å². The monoisotopic (exact) mass is 333 g/mol. The molecule has 1 unspecified atom stereocenters. The average molecular weight is 333 g/mol. The number of hydrogen-bond acceptors (Lipinski definition) is 4. The SMILES string of the molecule is CN1CCC(C2(O)c3ccc(C#N)cc3CCc3cccnc32)CC1. The summed E-state index contributed by atoms with van der Waals surface area (Å²) in [4.78, 5) is 6.95. The number of aliphatic hydroxyl groups is 1. The predicted octanol–water partition coefficient (Wildman–Crippen LogP) is 2.63. The minimum atomic E-state index is -1.07. The Hall–Kier alpha value is -2.22. The summed E-state index contributed by atoms with van der Waals surface area (Å²) in [7, 11) is 2.13. The van der Waals surface area contributed by atoms with Gasteiger partial charge in [-0.25, -0.2) is 0 Å². The van der Waals surface area contributed by atoms with Gasteiger partial charge in [0.25, 0.3) is 0 Å². The highest BCUT2D eigenvalue weighted by atomic mass is 16.3. The largest absolute Gasteiger partial charge is 0.378 e. The van der Waals surface area contributed by atoms with Crippen molar-refractivity contribution in [2.45, 2.75) is 31.3 Å². The molecule has 1 N–H and O–H groups in total. The second-order valence-electron chi connectivity index (χ2n) is 7.34. The number of fused-ring (bicyclic) bond motifs is 2. The molecule has 1 atom stereocenters. The summed E-state index contributed by atoms with van der Waals surface area (Å²) >= 11 is 0. The fraction of sp³-hybridized carbons (Fsp3) is 0.429. The van der Waals surface area contributed by atoms with Crippen molar-refractivity contribution in [3.63, 3.8) is 0 Å². The zero-order valence-electron chi connectivity index (χ0n) is 14.6. The first kappa shape index (κ1) is 16.3. The number of nitrogens with zero attached hydrogens (tertiary/aromatic N) is 3. The standard InChI is InChI=1S/C21H23N3O/c1-24-11-8-18(9-12-24)21(25)19-7-4-15(14-22)13-17(19)6-5-16-3-2-10-23-20(16)21/h2-4,7,10,13,18,25H,5-6,8-9,11-12H2,1H3. The van der Waals surface area contributed by atoms with Gasteiger partial charge in [0.1, 0.15) is 5.60 Å². The normalized spacial score (nSPS) is 24.0. The van der Waals surface area contributed by atoms with E-state index in [0.717, 1.165) is 61.2 Å². The number of piperidine rings is 1. The van der Waals surface area contributed by atoms with E-state index in [4.69, 9.17) is 0 Å². The van der Waals surface area contributed by atoms with E-state index in [1.165, 1.54) is 0 Å². The number of likely N-dealkylation sites (tertiary alicyclic amines) is 1. The van der Waals surface area contributed by atoms with E-state index < -0.39 is 5.60 Å². The number of benzene rings is 1. The van der Waals surface area contributed by atoms with Crippen molar-refractivity contribution in [2.75, 3.05) is 20.1 Å². The molecule has 4 nitrogen and oxygen atoms in total. The lowest BCUT2D eigenvalue weighted by Crippen LogP contribution is -2.44. The highest BCUT2D eigenvalue weighted by Gasteiger charge is 2.45. The van der Waals surface area contributed by atoms with Gasteiger partial charge in [-0.05, 0) is 80.7 Å². The first-order valence-corrected chi connectivity index (χ1v) is 9.01.